The van der Waals surface area contributed by atoms with E-state index < -0.39 is 12.1 Å². The summed E-state index contributed by atoms with van der Waals surface area (Å²) < 4.78 is 11.3. The van der Waals surface area contributed by atoms with Crippen molar-refractivity contribution < 1.29 is 23.9 Å². The van der Waals surface area contributed by atoms with E-state index in [1.165, 1.54) is 0 Å². The molecule has 1 heterocycles. The second-order valence-electron chi connectivity index (χ2n) is 10.3. The molecule has 3 aromatic rings. The number of urea groups is 1. The summed E-state index contributed by atoms with van der Waals surface area (Å²) in [5.74, 6) is -0.430. The van der Waals surface area contributed by atoms with Gasteiger partial charge in [-0.05, 0) is 23.1 Å². The van der Waals surface area contributed by atoms with Crippen molar-refractivity contribution in [2.24, 2.45) is 0 Å². The smallest absolute Gasteiger partial charge is 0.318 e. The molecule has 1 aliphatic heterocycles. The lowest BCUT2D eigenvalue weighted by Crippen LogP contribution is -2.56. The lowest BCUT2D eigenvalue weighted by Gasteiger charge is -2.30. The molecule has 1 aliphatic rings. The molecule has 3 N–H and O–H groups in total. The molecule has 1 saturated heterocycles. The molecule has 4 amide bonds. The maximum absolute atomic E-state index is 13.6. The van der Waals surface area contributed by atoms with Crippen molar-refractivity contribution in [3.63, 3.8) is 0 Å². The Hall–Kier alpha value is -4.21. The Bertz CT molecular complexity index is 1240. The van der Waals surface area contributed by atoms with Gasteiger partial charge in [-0.2, -0.15) is 0 Å². The van der Waals surface area contributed by atoms with Crippen LogP contribution in [0.5, 0.6) is 0 Å². The predicted octanol–water partition coefficient (Wildman–Crippen LogP) is 3.44. The quantitative estimate of drug-likeness (QED) is 0.274. The molecule has 222 valence electrons. The van der Waals surface area contributed by atoms with Crippen molar-refractivity contribution in [1.29, 1.82) is 0 Å². The third kappa shape index (κ3) is 10.6. The first-order valence-electron chi connectivity index (χ1n) is 14.5. The average molecular weight is 573 g/mol. The second kappa shape index (κ2) is 16.9. The fraction of sp³-hybridized carbons (Fsp3) is 0.364. The fourth-order valence-corrected chi connectivity index (χ4v) is 4.65. The molecule has 0 spiro atoms. The van der Waals surface area contributed by atoms with Gasteiger partial charge in [0.15, 0.2) is 0 Å². The molecule has 0 radical (unpaired) electrons. The molecule has 42 heavy (non-hydrogen) atoms. The Balaban J connectivity index is 1.39. The molecule has 2 atom stereocenters. The van der Waals surface area contributed by atoms with Gasteiger partial charge in [0.05, 0.1) is 32.5 Å². The third-order valence-corrected chi connectivity index (χ3v) is 7.02. The normalized spacial score (nSPS) is 14.4. The van der Waals surface area contributed by atoms with E-state index in [-0.39, 0.29) is 30.9 Å². The van der Waals surface area contributed by atoms with Gasteiger partial charge in [0.2, 0.25) is 11.8 Å². The van der Waals surface area contributed by atoms with E-state index in [1.807, 2.05) is 91.0 Å². The largest absolute Gasteiger partial charge is 0.378 e. The fourth-order valence-electron chi connectivity index (χ4n) is 4.65. The summed E-state index contributed by atoms with van der Waals surface area (Å²) in [7, 11) is 0. The van der Waals surface area contributed by atoms with Crippen molar-refractivity contribution >= 4 is 17.8 Å². The van der Waals surface area contributed by atoms with Crippen LogP contribution >= 0.6 is 0 Å². The van der Waals surface area contributed by atoms with Crippen LogP contribution in [0.3, 0.4) is 0 Å². The highest BCUT2D eigenvalue weighted by atomic mass is 16.5. The molecule has 1 fully saturated rings. The number of benzene rings is 3. The van der Waals surface area contributed by atoms with Gasteiger partial charge >= 0.3 is 6.03 Å². The summed E-state index contributed by atoms with van der Waals surface area (Å²) in [4.78, 5) is 41.0. The first-order chi connectivity index (χ1) is 20.6. The van der Waals surface area contributed by atoms with Crippen molar-refractivity contribution in [3.8, 4) is 0 Å². The van der Waals surface area contributed by atoms with E-state index in [0.717, 1.165) is 16.7 Å². The highest BCUT2D eigenvalue weighted by Crippen LogP contribution is 2.09. The highest BCUT2D eigenvalue weighted by molar-refractivity contribution is 5.87. The molecule has 0 aromatic heterocycles. The van der Waals surface area contributed by atoms with Crippen LogP contribution in [-0.4, -0.2) is 67.7 Å². The van der Waals surface area contributed by atoms with Crippen LogP contribution in [0.15, 0.2) is 91.0 Å². The minimum absolute atomic E-state index is 0.109. The minimum atomic E-state index is -0.800. The Morgan fingerprint density at radius 1 is 0.786 bits per heavy atom. The van der Waals surface area contributed by atoms with Gasteiger partial charge in [-0.15, -0.1) is 0 Å². The second-order valence-corrected chi connectivity index (χ2v) is 10.3. The average Bonchev–Trinajstić information content (AvgIpc) is 3.04. The number of rotatable bonds is 14. The molecule has 4 rings (SSSR count). The highest BCUT2D eigenvalue weighted by Gasteiger charge is 2.27. The number of amides is 4. The predicted molar refractivity (Wildman–Crippen MR) is 160 cm³/mol. The summed E-state index contributed by atoms with van der Waals surface area (Å²) in [6.45, 7) is 2.93. The third-order valence-electron chi connectivity index (χ3n) is 7.02. The molecular weight excluding hydrogens is 532 g/mol. The zero-order chi connectivity index (χ0) is 29.4. The zero-order valence-electron chi connectivity index (χ0n) is 23.9. The van der Waals surface area contributed by atoms with Crippen LogP contribution in [0.25, 0.3) is 0 Å². The molecular formula is C33H40N4O5. The van der Waals surface area contributed by atoms with Crippen LogP contribution in [0.1, 0.15) is 29.5 Å². The Kier molecular flexibility index (Phi) is 12.4. The lowest BCUT2D eigenvalue weighted by molar-refractivity contribution is -0.125. The van der Waals surface area contributed by atoms with Gasteiger partial charge in [-0.25, -0.2) is 4.79 Å². The zero-order valence-corrected chi connectivity index (χ0v) is 23.9. The Labute approximate surface area is 247 Å². The summed E-state index contributed by atoms with van der Waals surface area (Å²) >= 11 is 0. The molecule has 9 heteroatoms. The van der Waals surface area contributed by atoms with Gasteiger partial charge in [-0.3, -0.25) is 9.59 Å². The van der Waals surface area contributed by atoms with Crippen LogP contribution in [-0.2, 0) is 38.6 Å². The van der Waals surface area contributed by atoms with Gasteiger partial charge in [0.25, 0.3) is 0 Å². The van der Waals surface area contributed by atoms with Gasteiger partial charge in [-0.1, -0.05) is 91.0 Å². The summed E-state index contributed by atoms with van der Waals surface area (Å²) in [5.41, 5.74) is 2.96. The first kappa shape index (κ1) is 30.7. The Morgan fingerprint density at radius 2 is 1.38 bits per heavy atom. The molecule has 0 unspecified atom stereocenters. The molecule has 0 saturated carbocycles. The van der Waals surface area contributed by atoms with E-state index in [1.54, 1.807) is 4.90 Å². The summed E-state index contributed by atoms with van der Waals surface area (Å²) in [6, 6.07) is 27.5. The van der Waals surface area contributed by atoms with Gasteiger partial charge in [0, 0.05) is 32.5 Å². The number of hydrogen-bond donors (Lipinski definition) is 3. The van der Waals surface area contributed by atoms with E-state index in [9.17, 15) is 14.4 Å². The van der Waals surface area contributed by atoms with Gasteiger partial charge in [0.1, 0.15) is 6.04 Å². The van der Waals surface area contributed by atoms with Crippen molar-refractivity contribution in [1.82, 2.24) is 20.9 Å². The maximum Gasteiger partial charge on any atom is 0.318 e. The minimum Gasteiger partial charge on any atom is -0.378 e. The lowest BCUT2D eigenvalue weighted by atomic mass is 10.0. The number of morpholine rings is 1. The van der Waals surface area contributed by atoms with E-state index in [2.05, 4.69) is 16.0 Å². The summed E-state index contributed by atoms with van der Waals surface area (Å²) in [6.07, 6.45) is 0.935. The van der Waals surface area contributed by atoms with Crippen LogP contribution in [0, 0.1) is 0 Å². The van der Waals surface area contributed by atoms with Crippen LogP contribution in [0.2, 0.25) is 0 Å². The van der Waals surface area contributed by atoms with Crippen molar-refractivity contribution in [2.45, 2.75) is 44.5 Å². The topological polar surface area (TPSA) is 109 Å². The summed E-state index contributed by atoms with van der Waals surface area (Å²) in [5, 5.41) is 8.93. The SMILES string of the molecule is O=C(CC[C@H](COCc1ccccc1)NC(=O)[C@H](Cc1ccccc1)NC(=O)N1CCOCC1)NCc1ccccc1. The first-order valence-corrected chi connectivity index (χ1v) is 14.5. The number of carbonyl (C=O) groups excluding carboxylic acids is 3. The number of hydrogen-bond acceptors (Lipinski definition) is 5. The van der Waals surface area contributed by atoms with Crippen LogP contribution < -0.4 is 16.0 Å². The number of nitrogens with one attached hydrogen (secondary N) is 3. The van der Waals surface area contributed by atoms with Crippen molar-refractivity contribution in [3.05, 3.63) is 108 Å². The molecule has 3 aromatic carbocycles. The van der Waals surface area contributed by atoms with E-state index in [4.69, 9.17) is 9.47 Å². The molecule has 0 bridgehead atoms. The molecule has 9 nitrogen and oxygen atoms in total. The number of nitrogens with zero attached hydrogens (tertiary/aromatic N) is 1. The molecule has 0 aliphatic carbocycles. The number of carbonyl (C=O) groups is 3. The monoisotopic (exact) mass is 572 g/mol. The van der Waals surface area contributed by atoms with Crippen LogP contribution in [0.4, 0.5) is 4.79 Å². The standard InChI is InChI=1S/C33H40N4O5/c38-31(34-23-27-12-6-2-7-13-27)17-16-29(25-42-24-28-14-8-3-9-15-28)35-32(39)30(22-26-10-4-1-5-11-26)36-33(40)37-18-20-41-21-19-37/h1-15,29-30H,16-25H2,(H,34,38)(H,35,39)(H,36,40)/t29-,30+/m1/s1. The van der Waals surface area contributed by atoms with E-state index in [0.29, 0.717) is 52.3 Å². The number of ether oxygens (including phenoxy) is 2. The Morgan fingerprint density at radius 3 is 2.02 bits per heavy atom. The van der Waals surface area contributed by atoms with Crippen molar-refractivity contribution in [2.75, 3.05) is 32.9 Å². The van der Waals surface area contributed by atoms with Gasteiger partial charge < -0.3 is 30.3 Å². The van der Waals surface area contributed by atoms with E-state index >= 15 is 0 Å². The maximum atomic E-state index is 13.6.